The van der Waals surface area contributed by atoms with Crippen LogP contribution in [0, 0.1) is 13.8 Å². The minimum atomic E-state index is -0.862. The molecule has 1 aliphatic heterocycles. The number of anilines is 1. The van der Waals surface area contributed by atoms with Crippen molar-refractivity contribution in [3.05, 3.63) is 29.3 Å². The van der Waals surface area contributed by atoms with Crippen LogP contribution in [-0.2, 0) is 9.53 Å². The lowest BCUT2D eigenvalue weighted by Crippen LogP contribution is -2.33. The van der Waals surface area contributed by atoms with E-state index in [0.717, 1.165) is 16.8 Å². The lowest BCUT2D eigenvalue weighted by molar-refractivity contribution is -0.137. The highest BCUT2D eigenvalue weighted by Crippen LogP contribution is 2.27. The van der Waals surface area contributed by atoms with E-state index in [4.69, 9.17) is 9.84 Å². The maximum absolute atomic E-state index is 11.8. The van der Waals surface area contributed by atoms with E-state index in [1.807, 2.05) is 32.0 Å². The monoisotopic (exact) mass is 263 g/mol. The molecule has 0 spiro atoms. The van der Waals surface area contributed by atoms with Crippen LogP contribution in [0.4, 0.5) is 10.5 Å². The van der Waals surface area contributed by atoms with Gasteiger partial charge >= 0.3 is 12.1 Å². The molecule has 0 bridgehead atoms. The van der Waals surface area contributed by atoms with Gasteiger partial charge in [0.05, 0.1) is 6.04 Å². The highest BCUT2D eigenvalue weighted by molar-refractivity contribution is 5.90. The number of hydrogen-bond acceptors (Lipinski definition) is 3. The quantitative estimate of drug-likeness (QED) is 0.906. The van der Waals surface area contributed by atoms with Gasteiger partial charge in [0.1, 0.15) is 6.61 Å². The van der Waals surface area contributed by atoms with Crippen molar-refractivity contribution in [3.63, 3.8) is 0 Å². The SMILES string of the molecule is Cc1ccc(N2C(=O)OCC2CCC(=O)O)cc1C. The number of amides is 1. The fourth-order valence-corrected chi connectivity index (χ4v) is 2.15. The molecular weight excluding hydrogens is 246 g/mol. The molecule has 1 aromatic carbocycles. The molecule has 1 aromatic rings. The van der Waals surface area contributed by atoms with Crippen molar-refractivity contribution in [3.8, 4) is 0 Å². The van der Waals surface area contributed by atoms with E-state index in [9.17, 15) is 9.59 Å². The van der Waals surface area contributed by atoms with Gasteiger partial charge in [0.2, 0.25) is 0 Å². The summed E-state index contributed by atoms with van der Waals surface area (Å²) in [6.07, 6.45) is 0.0232. The summed E-state index contributed by atoms with van der Waals surface area (Å²) in [6.45, 7) is 4.23. The Morgan fingerprint density at radius 2 is 2.16 bits per heavy atom. The first-order valence-corrected chi connectivity index (χ1v) is 6.24. The second kappa shape index (κ2) is 5.30. The average Bonchev–Trinajstić information content (AvgIpc) is 2.71. The molecule has 1 N–H and O–H groups in total. The van der Waals surface area contributed by atoms with E-state index >= 15 is 0 Å². The smallest absolute Gasteiger partial charge is 0.414 e. The van der Waals surface area contributed by atoms with Crippen LogP contribution in [0.3, 0.4) is 0 Å². The molecule has 1 aliphatic rings. The Balaban J connectivity index is 2.20. The number of carboxylic acids is 1. The highest BCUT2D eigenvalue weighted by atomic mass is 16.6. The van der Waals surface area contributed by atoms with Gasteiger partial charge in [-0.3, -0.25) is 9.69 Å². The normalized spacial score (nSPS) is 18.5. The van der Waals surface area contributed by atoms with Crippen LogP contribution in [0.2, 0.25) is 0 Å². The molecule has 1 amide bonds. The van der Waals surface area contributed by atoms with Gasteiger partial charge in [-0.05, 0) is 43.5 Å². The van der Waals surface area contributed by atoms with Crippen LogP contribution in [0.15, 0.2) is 18.2 Å². The van der Waals surface area contributed by atoms with E-state index in [-0.39, 0.29) is 19.1 Å². The van der Waals surface area contributed by atoms with Gasteiger partial charge in [-0.15, -0.1) is 0 Å². The fourth-order valence-electron chi connectivity index (χ4n) is 2.15. The molecule has 1 unspecified atom stereocenters. The molecule has 2 rings (SSSR count). The van der Waals surface area contributed by atoms with Crippen molar-refractivity contribution in [2.45, 2.75) is 32.7 Å². The summed E-state index contributed by atoms with van der Waals surface area (Å²) in [4.78, 5) is 24.0. The van der Waals surface area contributed by atoms with Gasteiger partial charge in [0.15, 0.2) is 0 Å². The molecule has 0 radical (unpaired) electrons. The van der Waals surface area contributed by atoms with E-state index in [1.54, 1.807) is 4.90 Å². The zero-order valence-electron chi connectivity index (χ0n) is 11.0. The molecule has 0 saturated carbocycles. The number of rotatable bonds is 4. The molecule has 5 heteroatoms. The van der Waals surface area contributed by atoms with Gasteiger partial charge in [-0.25, -0.2) is 4.79 Å². The maximum atomic E-state index is 11.8. The zero-order chi connectivity index (χ0) is 14.0. The van der Waals surface area contributed by atoms with Crippen molar-refractivity contribution >= 4 is 17.7 Å². The largest absolute Gasteiger partial charge is 0.481 e. The summed E-state index contributed by atoms with van der Waals surface area (Å²) in [7, 11) is 0. The molecule has 0 aromatic heterocycles. The molecule has 102 valence electrons. The molecule has 1 saturated heterocycles. The summed E-state index contributed by atoms with van der Waals surface area (Å²) in [5.74, 6) is -0.862. The highest BCUT2D eigenvalue weighted by Gasteiger charge is 2.34. The standard InChI is InChI=1S/C14H17NO4/c1-9-3-4-11(7-10(9)2)15-12(5-6-13(16)17)8-19-14(15)18/h3-4,7,12H,5-6,8H2,1-2H3,(H,16,17). The zero-order valence-corrected chi connectivity index (χ0v) is 11.0. The van der Waals surface area contributed by atoms with Crippen LogP contribution in [-0.4, -0.2) is 29.8 Å². The Morgan fingerprint density at radius 3 is 2.79 bits per heavy atom. The van der Waals surface area contributed by atoms with Crippen LogP contribution < -0.4 is 4.90 Å². The van der Waals surface area contributed by atoms with Crippen molar-refractivity contribution in [2.75, 3.05) is 11.5 Å². The second-order valence-corrected chi connectivity index (χ2v) is 4.80. The van der Waals surface area contributed by atoms with Gasteiger partial charge in [-0.2, -0.15) is 0 Å². The van der Waals surface area contributed by atoms with Crippen LogP contribution >= 0.6 is 0 Å². The Hall–Kier alpha value is -2.04. The number of nitrogens with zero attached hydrogens (tertiary/aromatic N) is 1. The molecule has 19 heavy (non-hydrogen) atoms. The Bertz CT molecular complexity index is 512. The lowest BCUT2D eigenvalue weighted by Gasteiger charge is -2.21. The maximum Gasteiger partial charge on any atom is 0.414 e. The Labute approximate surface area is 111 Å². The second-order valence-electron chi connectivity index (χ2n) is 4.80. The average molecular weight is 263 g/mol. The summed E-state index contributed by atoms with van der Waals surface area (Å²) in [5.41, 5.74) is 3.01. The third-order valence-electron chi connectivity index (χ3n) is 3.42. The summed E-state index contributed by atoms with van der Waals surface area (Å²) in [6, 6.07) is 5.54. The predicted octanol–water partition coefficient (Wildman–Crippen LogP) is 2.49. The minimum absolute atomic E-state index is 0.0304. The first-order valence-electron chi connectivity index (χ1n) is 6.24. The van der Waals surface area contributed by atoms with E-state index < -0.39 is 12.1 Å². The van der Waals surface area contributed by atoms with Crippen molar-refractivity contribution < 1.29 is 19.4 Å². The molecular formula is C14H17NO4. The predicted molar refractivity (Wildman–Crippen MR) is 70.4 cm³/mol. The van der Waals surface area contributed by atoms with E-state index in [2.05, 4.69) is 0 Å². The Kier molecular flexibility index (Phi) is 3.74. The van der Waals surface area contributed by atoms with Crippen LogP contribution in [0.1, 0.15) is 24.0 Å². The first-order chi connectivity index (χ1) is 8.99. The molecule has 1 heterocycles. The number of benzene rings is 1. The van der Waals surface area contributed by atoms with Crippen LogP contribution in [0.5, 0.6) is 0 Å². The number of carbonyl (C=O) groups excluding carboxylic acids is 1. The van der Waals surface area contributed by atoms with Gasteiger partial charge in [0, 0.05) is 12.1 Å². The fraction of sp³-hybridized carbons (Fsp3) is 0.429. The van der Waals surface area contributed by atoms with Gasteiger partial charge in [0.25, 0.3) is 0 Å². The van der Waals surface area contributed by atoms with Crippen molar-refractivity contribution in [2.24, 2.45) is 0 Å². The molecule has 5 nitrogen and oxygen atoms in total. The number of aryl methyl sites for hydroxylation is 2. The number of carbonyl (C=O) groups is 2. The number of cyclic esters (lactones) is 1. The lowest BCUT2D eigenvalue weighted by atomic mass is 10.1. The molecule has 1 atom stereocenters. The van der Waals surface area contributed by atoms with E-state index in [0.29, 0.717) is 6.42 Å². The third-order valence-corrected chi connectivity index (χ3v) is 3.42. The van der Waals surface area contributed by atoms with Crippen molar-refractivity contribution in [1.82, 2.24) is 0 Å². The first kappa shape index (κ1) is 13.4. The minimum Gasteiger partial charge on any atom is -0.481 e. The molecule has 1 fully saturated rings. The van der Waals surface area contributed by atoms with Gasteiger partial charge < -0.3 is 9.84 Å². The van der Waals surface area contributed by atoms with E-state index in [1.165, 1.54) is 0 Å². The number of ether oxygens (including phenoxy) is 1. The summed E-state index contributed by atoms with van der Waals surface area (Å²) in [5, 5.41) is 8.73. The summed E-state index contributed by atoms with van der Waals surface area (Å²) < 4.78 is 5.03. The summed E-state index contributed by atoms with van der Waals surface area (Å²) >= 11 is 0. The van der Waals surface area contributed by atoms with Crippen LogP contribution in [0.25, 0.3) is 0 Å². The number of hydrogen-bond donors (Lipinski definition) is 1. The van der Waals surface area contributed by atoms with Gasteiger partial charge in [-0.1, -0.05) is 6.07 Å². The Morgan fingerprint density at radius 1 is 1.42 bits per heavy atom. The number of aliphatic carboxylic acids is 1. The topological polar surface area (TPSA) is 66.8 Å². The van der Waals surface area contributed by atoms with Crippen molar-refractivity contribution in [1.29, 1.82) is 0 Å². The third kappa shape index (κ3) is 2.86. The molecule has 0 aliphatic carbocycles. The number of carboxylic acid groups (broad SMARTS) is 1.